The summed E-state index contributed by atoms with van der Waals surface area (Å²) in [7, 11) is 0. The number of hydrogen-bond donors (Lipinski definition) is 5. The van der Waals surface area contributed by atoms with E-state index in [2.05, 4.69) is 15.3 Å². The van der Waals surface area contributed by atoms with E-state index in [-0.39, 0.29) is 11.9 Å². The molecule has 0 unspecified atom stereocenters. The van der Waals surface area contributed by atoms with Gasteiger partial charge in [0.25, 0.3) is 0 Å². The zero-order chi connectivity index (χ0) is 11.3. The molecule has 1 aliphatic rings. The summed E-state index contributed by atoms with van der Waals surface area (Å²) < 4.78 is 0. The minimum atomic E-state index is -1.01. The fourth-order valence-electron chi connectivity index (χ4n) is 1.45. The van der Waals surface area contributed by atoms with Crippen molar-refractivity contribution in [1.29, 1.82) is 0 Å². The first kappa shape index (κ1) is 11.7. The predicted molar refractivity (Wildman–Crippen MR) is 60.8 cm³/mol. The highest BCUT2D eigenvalue weighted by atomic mass is 15.4. The standard InChI is InChI=1S/C8H19N7/c9-5-3-1-2-4-8(12)14-6(10)13-7(11)15-8/h1-5,9,12H2,(H5,10,11,13,14,15). The molecule has 0 saturated carbocycles. The van der Waals surface area contributed by atoms with E-state index in [0.717, 1.165) is 19.3 Å². The van der Waals surface area contributed by atoms with Gasteiger partial charge in [-0.2, -0.15) is 0 Å². The Morgan fingerprint density at radius 3 is 2.20 bits per heavy atom. The van der Waals surface area contributed by atoms with Gasteiger partial charge >= 0.3 is 0 Å². The van der Waals surface area contributed by atoms with Crippen molar-refractivity contribution in [2.24, 2.45) is 32.9 Å². The van der Waals surface area contributed by atoms with Crippen LogP contribution in [0.5, 0.6) is 0 Å². The van der Waals surface area contributed by atoms with Crippen molar-refractivity contribution in [3.8, 4) is 0 Å². The van der Waals surface area contributed by atoms with Crippen LogP contribution in [-0.2, 0) is 0 Å². The molecule has 0 saturated heterocycles. The Morgan fingerprint density at radius 1 is 1.07 bits per heavy atom. The lowest BCUT2D eigenvalue weighted by Gasteiger charge is -2.25. The SMILES string of the molecule is NCCCCCC1(N)N=C(N)NC(N)=N1. The van der Waals surface area contributed by atoms with Crippen LogP contribution in [0.3, 0.4) is 0 Å². The second-order valence-electron chi connectivity index (χ2n) is 3.60. The summed E-state index contributed by atoms with van der Waals surface area (Å²) in [6.07, 6.45) is 3.51. The molecule has 0 fully saturated rings. The highest BCUT2D eigenvalue weighted by molar-refractivity contribution is 5.98. The van der Waals surface area contributed by atoms with Crippen molar-refractivity contribution in [3.63, 3.8) is 0 Å². The second-order valence-corrected chi connectivity index (χ2v) is 3.60. The number of unbranched alkanes of at least 4 members (excludes halogenated alkanes) is 2. The number of aliphatic imine (C=N–C) groups is 2. The average Bonchev–Trinajstić information content (AvgIpc) is 2.10. The number of nitrogens with one attached hydrogen (secondary N) is 1. The summed E-state index contributed by atoms with van der Waals surface area (Å²) in [6, 6.07) is 0. The van der Waals surface area contributed by atoms with Crippen molar-refractivity contribution < 1.29 is 0 Å². The van der Waals surface area contributed by atoms with E-state index in [1.807, 2.05) is 0 Å². The molecule has 0 amide bonds. The van der Waals surface area contributed by atoms with Gasteiger partial charge in [-0.05, 0) is 19.4 Å². The number of hydrogen-bond acceptors (Lipinski definition) is 7. The van der Waals surface area contributed by atoms with Gasteiger partial charge in [0.15, 0.2) is 11.9 Å². The number of rotatable bonds is 5. The minimum Gasteiger partial charge on any atom is -0.370 e. The van der Waals surface area contributed by atoms with E-state index >= 15 is 0 Å². The highest BCUT2D eigenvalue weighted by Gasteiger charge is 2.26. The topological polar surface area (TPSA) is 141 Å². The lowest BCUT2D eigenvalue weighted by molar-refractivity contribution is 0.402. The van der Waals surface area contributed by atoms with Crippen molar-refractivity contribution in [1.82, 2.24) is 5.32 Å². The van der Waals surface area contributed by atoms with Crippen LogP contribution in [0.25, 0.3) is 0 Å². The van der Waals surface area contributed by atoms with Crippen LogP contribution in [0.1, 0.15) is 25.7 Å². The molecule has 0 aromatic heterocycles. The van der Waals surface area contributed by atoms with Gasteiger partial charge in [-0.1, -0.05) is 6.42 Å². The van der Waals surface area contributed by atoms with E-state index in [9.17, 15) is 0 Å². The molecule has 86 valence electrons. The van der Waals surface area contributed by atoms with Gasteiger partial charge in [-0.3, -0.25) is 11.1 Å². The molecule has 0 aromatic rings. The molecular weight excluding hydrogens is 194 g/mol. The van der Waals surface area contributed by atoms with Crippen molar-refractivity contribution in [3.05, 3.63) is 0 Å². The molecular formula is C8H19N7. The number of nitrogens with zero attached hydrogens (tertiary/aromatic N) is 2. The molecule has 7 nitrogen and oxygen atoms in total. The van der Waals surface area contributed by atoms with Gasteiger partial charge in [0.1, 0.15) is 0 Å². The Labute approximate surface area is 89.0 Å². The van der Waals surface area contributed by atoms with Gasteiger partial charge in [0, 0.05) is 6.42 Å². The molecule has 0 aliphatic carbocycles. The molecule has 1 rings (SSSR count). The largest absolute Gasteiger partial charge is 0.370 e. The quantitative estimate of drug-likeness (QED) is 0.348. The van der Waals surface area contributed by atoms with Gasteiger partial charge < -0.3 is 17.2 Å². The fraction of sp³-hybridized carbons (Fsp3) is 0.750. The lowest BCUT2D eigenvalue weighted by atomic mass is 10.1. The first-order chi connectivity index (χ1) is 7.06. The Hall–Kier alpha value is -1.34. The van der Waals surface area contributed by atoms with Gasteiger partial charge in [0.2, 0.25) is 5.79 Å². The Balaban J connectivity index is 2.46. The first-order valence-corrected chi connectivity index (χ1v) is 5.02. The number of guanidine groups is 2. The average molecular weight is 213 g/mol. The van der Waals surface area contributed by atoms with Crippen LogP contribution >= 0.6 is 0 Å². The number of nitrogens with two attached hydrogens (primary N) is 4. The molecule has 1 heterocycles. The lowest BCUT2D eigenvalue weighted by Crippen LogP contribution is -2.52. The molecule has 0 atom stereocenters. The second kappa shape index (κ2) is 4.94. The molecule has 7 heteroatoms. The summed E-state index contributed by atoms with van der Waals surface area (Å²) in [5.74, 6) is -0.582. The zero-order valence-corrected chi connectivity index (χ0v) is 8.74. The zero-order valence-electron chi connectivity index (χ0n) is 8.74. The molecule has 15 heavy (non-hydrogen) atoms. The monoisotopic (exact) mass is 213 g/mol. The van der Waals surface area contributed by atoms with E-state index < -0.39 is 5.79 Å². The summed E-state index contributed by atoms with van der Waals surface area (Å²) in [6.45, 7) is 0.690. The molecule has 0 spiro atoms. The molecule has 0 bridgehead atoms. The summed E-state index contributed by atoms with van der Waals surface area (Å²) in [5.41, 5.74) is 22.3. The Kier molecular flexibility index (Phi) is 3.87. The molecule has 0 radical (unpaired) electrons. The Morgan fingerprint density at radius 2 is 1.67 bits per heavy atom. The van der Waals surface area contributed by atoms with Gasteiger partial charge in [0.05, 0.1) is 0 Å². The molecule has 1 aliphatic heterocycles. The summed E-state index contributed by atoms with van der Waals surface area (Å²) >= 11 is 0. The smallest absolute Gasteiger partial charge is 0.209 e. The predicted octanol–water partition coefficient (Wildman–Crippen LogP) is -1.65. The molecule has 9 N–H and O–H groups in total. The molecule has 0 aromatic carbocycles. The van der Waals surface area contributed by atoms with E-state index in [4.69, 9.17) is 22.9 Å². The van der Waals surface area contributed by atoms with E-state index in [0.29, 0.717) is 13.0 Å². The van der Waals surface area contributed by atoms with Crippen molar-refractivity contribution in [2.45, 2.75) is 31.5 Å². The van der Waals surface area contributed by atoms with E-state index in [1.165, 1.54) is 0 Å². The third-order valence-corrected chi connectivity index (χ3v) is 2.13. The minimum absolute atomic E-state index is 0.212. The third-order valence-electron chi connectivity index (χ3n) is 2.13. The van der Waals surface area contributed by atoms with Crippen LogP contribution in [0, 0.1) is 0 Å². The summed E-state index contributed by atoms with van der Waals surface area (Å²) in [4.78, 5) is 8.05. The fourth-order valence-corrected chi connectivity index (χ4v) is 1.45. The highest BCUT2D eigenvalue weighted by Crippen LogP contribution is 2.16. The van der Waals surface area contributed by atoms with Crippen molar-refractivity contribution in [2.75, 3.05) is 6.54 Å². The van der Waals surface area contributed by atoms with E-state index in [1.54, 1.807) is 0 Å². The van der Waals surface area contributed by atoms with Crippen LogP contribution in [0.4, 0.5) is 0 Å². The maximum Gasteiger partial charge on any atom is 0.209 e. The normalized spacial score (nSPS) is 19.1. The third kappa shape index (κ3) is 3.72. The van der Waals surface area contributed by atoms with Crippen LogP contribution < -0.4 is 28.3 Å². The van der Waals surface area contributed by atoms with Crippen LogP contribution in [0.2, 0.25) is 0 Å². The van der Waals surface area contributed by atoms with Crippen LogP contribution in [-0.4, -0.2) is 24.3 Å². The maximum atomic E-state index is 5.92. The van der Waals surface area contributed by atoms with Gasteiger partial charge in [-0.25, -0.2) is 9.98 Å². The van der Waals surface area contributed by atoms with Gasteiger partial charge in [-0.15, -0.1) is 0 Å². The maximum absolute atomic E-state index is 5.92. The first-order valence-electron chi connectivity index (χ1n) is 5.02. The summed E-state index contributed by atoms with van der Waals surface area (Å²) in [5, 5.41) is 2.59. The Bertz CT molecular complexity index is 252. The van der Waals surface area contributed by atoms with Crippen molar-refractivity contribution >= 4 is 11.9 Å². The van der Waals surface area contributed by atoms with Crippen LogP contribution in [0.15, 0.2) is 9.98 Å².